The normalized spacial score (nSPS) is 15.6. The maximum absolute atomic E-state index is 15.2. The lowest BCUT2D eigenvalue weighted by molar-refractivity contribution is -0.170. The van der Waals surface area contributed by atoms with Gasteiger partial charge in [-0.15, -0.1) is 11.6 Å². The highest BCUT2D eigenvalue weighted by Crippen LogP contribution is 2.25. The first-order chi connectivity index (χ1) is 13.5. The number of hydrogen-bond acceptors (Lipinski definition) is 8. The summed E-state index contributed by atoms with van der Waals surface area (Å²) in [6.45, 7) is 5.86. The number of nitrogens with zero attached hydrogens (tertiary/aromatic N) is 2. The quantitative estimate of drug-likeness (QED) is 0.395. The first kappa shape index (κ1) is 24.8. The maximum atomic E-state index is 15.2. The Hall–Kier alpha value is -2.27. The number of esters is 2. The van der Waals surface area contributed by atoms with E-state index >= 15 is 4.39 Å². The number of alkyl halides is 2. The van der Waals surface area contributed by atoms with Crippen molar-refractivity contribution in [1.29, 1.82) is 0 Å². The van der Waals surface area contributed by atoms with Crippen molar-refractivity contribution < 1.29 is 28.6 Å². The van der Waals surface area contributed by atoms with E-state index in [9.17, 15) is 24.3 Å². The number of aliphatic hydroxyl groups excluding tert-OH is 1. The van der Waals surface area contributed by atoms with Crippen LogP contribution in [-0.4, -0.2) is 56.6 Å². The van der Waals surface area contributed by atoms with Crippen LogP contribution in [0.1, 0.15) is 33.9 Å². The third kappa shape index (κ3) is 6.93. The molecule has 12 heteroatoms. The van der Waals surface area contributed by atoms with Crippen molar-refractivity contribution >= 4 is 23.5 Å². The molecule has 0 radical (unpaired) electrons. The molecule has 0 aliphatic carbocycles. The molecule has 164 valence electrons. The molecule has 0 aliphatic rings. The van der Waals surface area contributed by atoms with Gasteiger partial charge in [0.25, 0.3) is 5.56 Å². The van der Waals surface area contributed by atoms with Gasteiger partial charge in [-0.3, -0.25) is 19.4 Å². The first-order valence-electron chi connectivity index (χ1n) is 8.92. The fourth-order valence-electron chi connectivity index (χ4n) is 2.13. The second kappa shape index (κ2) is 11.1. The minimum absolute atomic E-state index is 0.275. The van der Waals surface area contributed by atoms with Crippen molar-refractivity contribution in [2.75, 3.05) is 12.5 Å². The van der Waals surface area contributed by atoms with Gasteiger partial charge in [0.1, 0.15) is 12.3 Å². The molecule has 1 rings (SSSR count). The first-order valence-corrected chi connectivity index (χ1v) is 9.46. The van der Waals surface area contributed by atoms with Crippen LogP contribution in [0.4, 0.5) is 4.39 Å². The summed E-state index contributed by atoms with van der Waals surface area (Å²) < 4.78 is 25.7. The smallest absolute Gasteiger partial charge is 0.347 e. The number of aromatic nitrogens is 3. The van der Waals surface area contributed by atoms with E-state index < -0.39 is 59.4 Å². The number of carbonyl (C=O) groups excluding carboxylic acids is 2. The Morgan fingerprint density at radius 1 is 1.24 bits per heavy atom. The van der Waals surface area contributed by atoms with E-state index in [1.165, 1.54) is 13.8 Å². The monoisotopic (exact) mass is 437 g/mol. The Labute approximate surface area is 171 Å². The molecule has 0 bridgehead atoms. The van der Waals surface area contributed by atoms with Crippen LogP contribution in [0.15, 0.2) is 15.8 Å². The van der Waals surface area contributed by atoms with Crippen LogP contribution in [0, 0.1) is 17.8 Å². The molecule has 0 fully saturated rings. The topological polar surface area (TPSA) is 141 Å². The van der Waals surface area contributed by atoms with Gasteiger partial charge in [-0.1, -0.05) is 27.7 Å². The minimum atomic E-state index is -2.37. The summed E-state index contributed by atoms with van der Waals surface area (Å²) >= 11 is 5.87. The highest BCUT2D eigenvalue weighted by molar-refractivity contribution is 6.18. The van der Waals surface area contributed by atoms with Crippen molar-refractivity contribution in [3.8, 4) is 0 Å². The Morgan fingerprint density at radius 2 is 1.83 bits per heavy atom. The zero-order chi connectivity index (χ0) is 22.3. The fraction of sp³-hybridized carbons (Fsp3) is 0.706. The molecule has 4 atom stereocenters. The van der Waals surface area contributed by atoms with Crippen molar-refractivity contribution in [3.05, 3.63) is 27.0 Å². The molecule has 1 aromatic heterocycles. The summed E-state index contributed by atoms with van der Waals surface area (Å²) in [4.78, 5) is 48.5. The number of aromatic amines is 1. The largest absolute Gasteiger partial charge is 0.465 e. The van der Waals surface area contributed by atoms with Gasteiger partial charge in [0.05, 0.1) is 18.4 Å². The lowest BCUT2D eigenvalue weighted by atomic mass is 9.99. The number of hydrogen-bond donors (Lipinski definition) is 2. The van der Waals surface area contributed by atoms with Crippen molar-refractivity contribution in [1.82, 2.24) is 14.8 Å². The molecule has 0 saturated heterocycles. The van der Waals surface area contributed by atoms with E-state index in [1.807, 2.05) is 4.98 Å². The number of H-pyrrole nitrogens is 1. The van der Waals surface area contributed by atoms with Crippen molar-refractivity contribution in [2.45, 2.75) is 46.2 Å². The Balaban J connectivity index is 3.16. The standard InChI is InChI=1S/C17H25ClFN3O7/c1-8(2)15(25)28-7-10(5-18)13(29-16(26)9(3)4)12(19)14(24)22-17(27)21-11(23)6-20-22/h6,8-10,12-14,24H,5,7H2,1-4H3,(H,21,23,27)/t10-,12+,13+,14+/m0/s1. The summed E-state index contributed by atoms with van der Waals surface area (Å²) in [5.41, 5.74) is -1.99. The number of ether oxygens (including phenoxy) is 2. The lowest BCUT2D eigenvalue weighted by Gasteiger charge is -2.31. The van der Waals surface area contributed by atoms with E-state index in [-0.39, 0.29) is 12.5 Å². The van der Waals surface area contributed by atoms with Crippen LogP contribution in [-0.2, 0) is 19.1 Å². The number of nitrogens with one attached hydrogen (secondary N) is 1. The third-order valence-corrected chi connectivity index (χ3v) is 4.28. The van der Waals surface area contributed by atoms with Crippen molar-refractivity contribution in [3.63, 3.8) is 0 Å². The second-order valence-electron chi connectivity index (χ2n) is 7.00. The fourth-order valence-corrected chi connectivity index (χ4v) is 2.39. The summed E-state index contributed by atoms with van der Waals surface area (Å²) in [5, 5.41) is 13.6. The van der Waals surface area contributed by atoms with Gasteiger partial charge in [-0.05, 0) is 0 Å². The van der Waals surface area contributed by atoms with Gasteiger partial charge >= 0.3 is 17.6 Å². The van der Waals surface area contributed by atoms with Crippen LogP contribution >= 0.6 is 11.6 Å². The third-order valence-electron chi connectivity index (χ3n) is 3.88. The molecule has 0 spiro atoms. The summed E-state index contributed by atoms with van der Waals surface area (Å²) in [6.07, 6.45) is -5.54. The van der Waals surface area contributed by atoms with Crippen LogP contribution in [0.2, 0.25) is 0 Å². The van der Waals surface area contributed by atoms with Gasteiger partial charge in [-0.2, -0.15) is 9.78 Å². The van der Waals surface area contributed by atoms with Crippen LogP contribution in [0.25, 0.3) is 0 Å². The molecule has 10 nitrogen and oxygen atoms in total. The van der Waals surface area contributed by atoms with Crippen LogP contribution in [0.5, 0.6) is 0 Å². The molecule has 2 N–H and O–H groups in total. The van der Waals surface area contributed by atoms with Gasteiger partial charge in [0.15, 0.2) is 12.4 Å². The molecule has 0 aromatic carbocycles. The van der Waals surface area contributed by atoms with E-state index in [0.29, 0.717) is 10.9 Å². The molecule has 0 aliphatic heterocycles. The van der Waals surface area contributed by atoms with E-state index in [1.54, 1.807) is 13.8 Å². The molecular formula is C17H25ClFN3O7. The Morgan fingerprint density at radius 3 is 2.31 bits per heavy atom. The summed E-state index contributed by atoms with van der Waals surface area (Å²) in [7, 11) is 0. The molecule has 1 heterocycles. The van der Waals surface area contributed by atoms with Gasteiger partial charge < -0.3 is 14.6 Å². The van der Waals surface area contributed by atoms with Gasteiger partial charge in [0.2, 0.25) is 0 Å². The predicted molar refractivity (Wildman–Crippen MR) is 100.0 cm³/mol. The second-order valence-corrected chi connectivity index (χ2v) is 7.31. The SMILES string of the molecule is CC(C)C(=O)OC[C@H](CCl)[C@@H](OC(=O)C(C)C)[C@@H](F)[C@@H](O)n1ncc(=O)[nH]c1=O. The number of aliphatic hydroxyl groups is 1. The van der Waals surface area contributed by atoms with E-state index in [2.05, 4.69) is 5.10 Å². The number of rotatable bonds is 10. The van der Waals surface area contributed by atoms with Crippen LogP contribution in [0.3, 0.4) is 0 Å². The molecule has 0 unspecified atom stereocenters. The van der Waals surface area contributed by atoms with Gasteiger partial charge in [-0.25, -0.2) is 9.18 Å². The Bertz CT molecular complexity index is 811. The molecule has 0 saturated carbocycles. The highest BCUT2D eigenvalue weighted by Gasteiger charge is 2.40. The molecular weight excluding hydrogens is 413 g/mol. The summed E-state index contributed by atoms with van der Waals surface area (Å²) in [5.74, 6) is -3.71. The maximum Gasteiger partial charge on any atom is 0.347 e. The number of carbonyl (C=O) groups is 2. The zero-order valence-electron chi connectivity index (χ0n) is 16.5. The molecule has 1 aromatic rings. The molecule has 0 amide bonds. The van der Waals surface area contributed by atoms with E-state index in [4.69, 9.17) is 21.1 Å². The minimum Gasteiger partial charge on any atom is -0.465 e. The Kier molecular flexibility index (Phi) is 9.44. The van der Waals surface area contributed by atoms with Gasteiger partial charge in [0, 0.05) is 11.8 Å². The highest BCUT2D eigenvalue weighted by atomic mass is 35.5. The number of halogens is 2. The average molecular weight is 438 g/mol. The average Bonchev–Trinajstić information content (AvgIpc) is 2.65. The van der Waals surface area contributed by atoms with E-state index in [0.717, 1.165) is 0 Å². The summed E-state index contributed by atoms with van der Waals surface area (Å²) in [6, 6.07) is 0. The van der Waals surface area contributed by atoms with Crippen molar-refractivity contribution in [2.24, 2.45) is 17.8 Å². The molecule has 29 heavy (non-hydrogen) atoms. The van der Waals surface area contributed by atoms with Crippen LogP contribution < -0.4 is 11.2 Å². The predicted octanol–water partition coefficient (Wildman–Crippen LogP) is 0.383. The zero-order valence-corrected chi connectivity index (χ0v) is 17.3. The lowest BCUT2D eigenvalue weighted by Crippen LogP contribution is -2.47.